The molecule has 23 heavy (non-hydrogen) atoms. The Kier molecular flexibility index (Phi) is 5.41. The summed E-state index contributed by atoms with van der Waals surface area (Å²) in [6.45, 7) is 1.78. The van der Waals surface area contributed by atoms with Gasteiger partial charge in [-0.25, -0.2) is 17.9 Å². The first-order valence-corrected chi connectivity index (χ1v) is 8.37. The van der Waals surface area contributed by atoms with E-state index in [1.807, 2.05) is 0 Å². The molecule has 7 nitrogen and oxygen atoms in total. The lowest BCUT2D eigenvalue weighted by Crippen LogP contribution is -2.34. The van der Waals surface area contributed by atoms with Crippen LogP contribution in [0.5, 0.6) is 0 Å². The van der Waals surface area contributed by atoms with E-state index < -0.39 is 16.1 Å². The summed E-state index contributed by atoms with van der Waals surface area (Å²) < 4.78 is 36.7. The molecule has 1 aromatic heterocycles. The summed E-state index contributed by atoms with van der Waals surface area (Å²) in [5.41, 5.74) is 1.36. The first kappa shape index (κ1) is 17.0. The van der Waals surface area contributed by atoms with Crippen LogP contribution in [0.2, 0.25) is 0 Å². The van der Waals surface area contributed by atoms with E-state index in [2.05, 4.69) is 14.8 Å². The van der Waals surface area contributed by atoms with Crippen molar-refractivity contribution in [3.8, 4) is 0 Å². The van der Waals surface area contributed by atoms with Crippen LogP contribution in [-0.4, -0.2) is 27.7 Å². The average Bonchev–Trinajstić information content (AvgIpc) is 2.99. The second kappa shape index (κ2) is 7.30. The SMILES string of the molecule is COC(=O)Nc1ccc(S(=O)(=O)N[C@H](C)Cc2ccoc2)cc1. The molecule has 0 aliphatic rings. The summed E-state index contributed by atoms with van der Waals surface area (Å²) in [6, 6.07) is 7.32. The monoisotopic (exact) mass is 338 g/mol. The van der Waals surface area contributed by atoms with Crippen LogP contribution in [0.4, 0.5) is 10.5 Å². The molecule has 0 bridgehead atoms. The standard InChI is InChI=1S/C15H18N2O5S/c1-11(9-12-7-8-22-10-12)17-23(19,20)14-5-3-13(4-6-14)16-15(18)21-2/h3-8,10-11,17H,9H2,1-2H3,(H,16,18)/t11-/m1/s1. The summed E-state index contributed by atoms with van der Waals surface area (Å²) >= 11 is 0. The molecule has 2 rings (SSSR count). The first-order valence-electron chi connectivity index (χ1n) is 6.89. The maximum atomic E-state index is 12.3. The molecule has 0 fully saturated rings. The molecule has 1 heterocycles. The molecule has 0 aliphatic carbocycles. The number of nitrogens with one attached hydrogen (secondary N) is 2. The summed E-state index contributed by atoms with van der Waals surface area (Å²) in [4.78, 5) is 11.2. The number of carbonyl (C=O) groups excluding carboxylic acids is 1. The molecule has 2 aromatic rings. The number of ether oxygens (including phenoxy) is 1. The van der Waals surface area contributed by atoms with Crippen molar-refractivity contribution >= 4 is 21.8 Å². The van der Waals surface area contributed by atoms with E-state index in [9.17, 15) is 13.2 Å². The minimum atomic E-state index is -3.64. The van der Waals surface area contributed by atoms with Gasteiger partial charge in [-0.15, -0.1) is 0 Å². The largest absolute Gasteiger partial charge is 0.472 e. The number of amides is 1. The molecule has 0 saturated heterocycles. The van der Waals surface area contributed by atoms with Crippen molar-refractivity contribution in [1.82, 2.24) is 4.72 Å². The zero-order valence-corrected chi connectivity index (χ0v) is 13.6. The zero-order valence-electron chi connectivity index (χ0n) is 12.8. The topological polar surface area (TPSA) is 97.6 Å². The minimum absolute atomic E-state index is 0.118. The second-order valence-electron chi connectivity index (χ2n) is 5.00. The van der Waals surface area contributed by atoms with Gasteiger partial charge in [-0.05, 0) is 49.2 Å². The van der Waals surface area contributed by atoms with Crippen molar-refractivity contribution in [2.45, 2.75) is 24.3 Å². The van der Waals surface area contributed by atoms with Gasteiger partial charge in [-0.2, -0.15) is 0 Å². The van der Waals surface area contributed by atoms with Crippen molar-refractivity contribution in [2.24, 2.45) is 0 Å². The third kappa shape index (κ3) is 4.83. The van der Waals surface area contributed by atoms with Crippen LogP contribution < -0.4 is 10.0 Å². The van der Waals surface area contributed by atoms with Gasteiger partial charge in [0.05, 0.1) is 24.5 Å². The highest BCUT2D eigenvalue weighted by Crippen LogP contribution is 2.15. The van der Waals surface area contributed by atoms with E-state index in [1.165, 1.54) is 31.4 Å². The number of carbonyl (C=O) groups is 1. The van der Waals surface area contributed by atoms with Crippen LogP contribution in [0.25, 0.3) is 0 Å². The van der Waals surface area contributed by atoms with Crippen molar-refractivity contribution in [3.05, 3.63) is 48.4 Å². The zero-order chi connectivity index (χ0) is 16.9. The molecular formula is C15H18N2O5S. The van der Waals surface area contributed by atoms with Crippen LogP contribution in [0.15, 0.2) is 52.2 Å². The van der Waals surface area contributed by atoms with Gasteiger partial charge in [0.25, 0.3) is 0 Å². The van der Waals surface area contributed by atoms with Crippen molar-refractivity contribution < 1.29 is 22.4 Å². The van der Waals surface area contributed by atoms with Gasteiger partial charge in [0, 0.05) is 11.7 Å². The highest BCUT2D eigenvalue weighted by molar-refractivity contribution is 7.89. The number of anilines is 1. The van der Waals surface area contributed by atoms with Crippen molar-refractivity contribution in [1.29, 1.82) is 0 Å². The molecule has 1 aromatic carbocycles. The number of rotatable bonds is 6. The predicted octanol–water partition coefficient (Wildman–Crippen LogP) is 2.37. The normalized spacial score (nSPS) is 12.6. The molecular weight excluding hydrogens is 320 g/mol. The van der Waals surface area contributed by atoms with Gasteiger partial charge in [0.1, 0.15) is 0 Å². The number of methoxy groups -OCH3 is 1. The highest BCUT2D eigenvalue weighted by atomic mass is 32.2. The summed E-state index contributed by atoms with van der Waals surface area (Å²) in [5, 5.41) is 2.45. The number of hydrogen-bond donors (Lipinski definition) is 2. The molecule has 2 N–H and O–H groups in total. The Bertz CT molecular complexity index is 739. The number of furan rings is 1. The van der Waals surface area contributed by atoms with Gasteiger partial charge in [-0.1, -0.05) is 0 Å². The lowest BCUT2D eigenvalue weighted by molar-refractivity contribution is 0.187. The Morgan fingerprint density at radius 1 is 1.26 bits per heavy atom. The average molecular weight is 338 g/mol. The number of benzene rings is 1. The molecule has 0 unspecified atom stereocenters. The van der Waals surface area contributed by atoms with Crippen LogP contribution in [-0.2, 0) is 21.2 Å². The summed E-state index contributed by atoms with van der Waals surface area (Å²) in [7, 11) is -2.39. The van der Waals surface area contributed by atoms with E-state index in [0.29, 0.717) is 12.1 Å². The molecule has 8 heteroatoms. The van der Waals surface area contributed by atoms with E-state index in [0.717, 1.165) is 5.56 Å². The molecule has 0 aliphatic heterocycles. The molecule has 0 spiro atoms. The lowest BCUT2D eigenvalue weighted by Gasteiger charge is -2.13. The fourth-order valence-corrected chi connectivity index (χ4v) is 3.27. The number of sulfonamides is 1. The molecule has 0 radical (unpaired) electrons. The summed E-state index contributed by atoms with van der Waals surface area (Å²) in [6.07, 6.45) is 3.03. The molecule has 0 saturated carbocycles. The van der Waals surface area contributed by atoms with Crippen LogP contribution in [0.3, 0.4) is 0 Å². The van der Waals surface area contributed by atoms with Gasteiger partial charge < -0.3 is 9.15 Å². The molecule has 1 atom stereocenters. The Hall–Kier alpha value is -2.32. The predicted molar refractivity (Wildman–Crippen MR) is 84.7 cm³/mol. The molecule has 124 valence electrons. The third-order valence-electron chi connectivity index (χ3n) is 3.07. The minimum Gasteiger partial charge on any atom is -0.472 e. The van der Waals surface area contributed by atoms with Crippen LogP contribution >= 0.6 is 0 Å². The van der Waals surface area contributed by atoms with Crippen LogP contribution in [0.1, 0.15) is 12.5 Å². The van der Waals surface area contributed by atoms with E-state index in [4.69, 9.17) is 4.42 Å². The highest BCUT2D eigenvalue weighted by Gasteiger charge is 2.18. The maximum absolute atomic E-state index is 12.3. The van der Waals surface area contributed by atoms with Crippen LogP contribution in [0, 0.1) is 0 Å². The number of hydrogen-bond acceptors (Lipinski definition) is 5. The van der Waals surface area contributed by atoms with Crippen molar-refractivity contribution in [3.63, 3.8) is 0 Å². The Balaban J connectivity index is 2.02. The van der Waals surface area contributed by atoms with Gasteiger partial charge >= 0.3 is 6.09 Å². The maximum Gasteiger partial charge on any atom is 0.411 e. The van der Waals surface area contributed by atoms with Gasteiger partial charge in [-0.3, -0.25) is 5.32 Å². The summed E-state index contributed by atoms with van der Waals surface area (Å²) in [5.74, 6) is 0. The van der Waals surface area contributed by atoms with Gasteiger partial charge in [0.2, 0.25) is 10.0 Å². The Morgan fingerprint density at radius 2 is 1.96 bits per heavy atom. The quantitative estimate of drug-likeness (QED) is 0.842. The molecule has 1 amide bonds. The fourth-order valence-electron chi connectivity index (χ4n) is 2.02. The van der Waals surface area contributed by atoms with E-state index in [-0.39, 0.29) is 10.9 Å². The first-order chi connectivity index (χ1) is 10.9. The van der Waals surface area contributed by atoms with Gasteiger partial charge in [0.15, 0.2) is 0 Å². The van der Waals surface area contributed by atoms with E-state index in [1.54, 1.807) is 25.5 Å². The second-order valence-corrected chi connectivity index (χ2v) is 6.71. The third-order valence-corrected chi connectivity index (χ3v) is 4.68. The smallest absolute Gasteiger partial charge is 0.411 e. The lowest BCUT2D eigenvalue weighted by atomic mass is 10.1. The Labute approximate surface area is 134 Å². The fraction of sp³-hybridized carbons (Fsp3) is 0.267. The Morgan fingerprint density at radius 3 is 2.52 bits per heavy atom. The van der Waals surface area contributed by atoms with Crippen molar-refractivity contribution in [2.75, 3.05) is 12.4 Å². The van der Waals surface area contributed by atoms with E-state index >= 15 is 0 Å².